The molecular weight excluding hydrogens is 206 g/mol. The molecule has 1 atom stereocenters. The molecule has 0 aliphatic rings. The molecule has 0 spiro atoms. The first kappa shape index (κ1) is 10.7. The Bertz CT molecular complexity index is 421. The standard InChI is InChI=1S/C10H13N5O/c11-3-9(5-16)8-1-2-10(13-4-8)15-7-12-6-14-15/h1-2,4,6-7,9,16H,3,5,11H2. The molecule has 1 unspecified atom stereocenters. The first-order valence-corrected chi connectivity index (χ1v) is 4.97. The van der Waals surface area contributed by atoms with E-state index in [1.165, 1.54) is 6.33 Å². The predicted molar refractivity (Wildman–Crippen MR) is 58.0 cm³/mol. The fourth-order valence-corrected chi connectivity index (χ4v) is 1.42. The van der Waals surface area contributed by atoms with Gasteiger partial charge in [0.1, 0.15) is 12.7 Å². The van der Waals surface area contributed by atoms with E-state index in [0.717, 1.165) is 5.56 Å². The maximum atomic E-state index is 9.10. The topological polar surface area (TPSA) is 89.8 Å². The van der Waals surface area contributed by atoms with Gasteiger partial charge in [-0.15, -0.1) is 0 Å². The minimum atomic E-state index is -0.0581. The maximum Gasteiger partial charge on any atom is 0.155 e. The lowest BCUT2D eigenvalue weighted by atomic mass is 10.0. The van der Waals surface area contributed by atoms with E-state index in [4.69, 9.17) is 10.8 Å². The summed E-state index contributed by atoms with van der Waals surface area (Å²) in [6.07, 6.45) is 4.73. The smallest absolute Gasteiger partial charge is 0.155 e. The molecule has 0 bridgehead atoms. The number of aliphatic hydroxyl groups is 1. The first-order chi connectivity index (χ1) is 7.85. The Hall–Kier alpha value is -1.79. The molecule has 2 rings (SSSR count). The second-order valence-corrected chi connectivity index (χ2v) is 3.40. The molecule has 0 aliphatic heterocycles. The predicted octanol–water partition coefficient (Wildman–Crippen LogP) is -0.303. The molecule has 0 aromatic carbocycles. The third kappa shape index (κ3) is 2.07. The van der Waals surface area contributed by atoms with Crippen LogP contribution in [-0.2, 0) is 0 Å². The van der Waals surface area contributed by atoms with Gasteiger partial charge < -0.3 is 10.8 Å². The monoisotopic (exact) mass is 219 g/mol. The molecule has 0 amide bonds. The van der Waals surface area contributed by atoms with Crippen molar-refractivity contribution in [2.24, 2.45) is 5.73 Å². The number of hydrogen-bond donors (Lipinski definition) is 2. The fraction of sp³-hybridized carbons (Fsp3) is 0.300. The van der Waals surface area contributed by atoms with E-state index in [9.17, 15) is 0 Å². The van der Waals surface area contributed by atoms with Crippen molar-refractivity contribution in [1.29, 1.82) is 0 Å². The number of aliphatic hydroxyl groups excluding tert-OH is 1. The zero-order valence-electron chi connectivity index (χ0n) is 8.69. The van der Waals surface area contributed by atoms with Crippen molar-refractivity contribution >= 4 is 0 Å². The minimum Gasteiger partial charge on any atom is -0.396 e. The van der Waals surface area contributed by atoms with Crippen LogP contribution in [0.1, 0.15) is 11.5 Å². The van der Waals surface area contributed by atoms with E-state index in [2.05, 4.69) is 15.1 Å². The summed E-state index contributed by atoms with van der Waals surface area (Å²) in [5.41, 5.74) is 6.46. The number of pyridine rings is 1. The van der Waals surface area contributed by atoms with Crippen LogP contribution in [0, 0.1) is 0 Å². The van der Waals surface area contributed by atoms with Gasteiger partial charge in [-0.1, -0.05) is 6.07 Å². The van der Waals surface area contributed by atoms with Gasteiger partial charge in [0, 0.05) is 18.7 Å². The highest BCUT2D eigenvalue weighted by atomic mass is 16.3. The van der Waals surface area contributed by atoms with Crippen molar-refractivity contribution in [2.45, 2.75) is 5.92 Å². The van der Waals surface area contributed by atoms with Crippen molar-refractivity contribution < 1.29 is 5.11 Å². The molecule has 2 heterocycles. The van der Waals surface area contributed by atoms with E-state index in [0.29, 0.717) is 12.4 Å². The molecule has 0 saturated carbocycles. The van der Waals surface area contributed by atoms with E-state index >= 15 is 0 Å². The molecule has 2 aromatic rings. The Morgan fingerprint density at radius 3 is 2.81 bits per heavy atom. The van der Waals surface area contributed by atoms with E-state index < -0.39 is 0 Å². The molecule has 0 aliphatic carbocycles. The average Bonchev–Trinajstić information content (AvgIpc) is 2.85. The fourth-order valence-electron chi connectivity index (χ4n) is 1.42. The Morgan fingerprint density at radius 2 is 2.31 bits per heavy atom. The van der Waals surface area contributed by atoms with Gasteiger partial charge in [-0.3, -0.25) is 0 Å². The zero-order valence-corrected chi connectivity index (χ0v) is 8.69. The first-order valence-electron chi connectivity index (χ1n) is 4.97. The van der Waals surface area contributed by atoms with Crippen molar-refractivity contribution in [3.63, 3.8) is 0 Å². The van der Waals surface area contributed by atoms with Gasteiger partial charge in [0.15, 0.2) is 5.82 Å². The van der Waals surface area contributed by atoms with E-state index in [1.807, 2.05) is 12.1 Å². The largest absolute Gasteiger partial charge is 0.396 e. The Kier molecular flexibility index (Phi) is 3.23. The Balaban J connectivity index is 2.22. The highest BCUT2D eigenvalue weighted by Gasteiger charge is 2.08. The molecule has 16 heavy (non-hydrogen) atoms. The number of nitrogens with two attached hydrogens (primary N) is 1. The number of aromatic nitrogens is 4. The Morgan fingerprint density at radius 1 is 1.44 bits per heavy atom. The van der Waals surface area contributed by atoms with Crippen molar-refractivity contribution in [2.75, 3.05) is 13.2 Å². The highest BCUT2D eigenvalue weighted by molar-refractivity contribution is 5.26. The number of nitrogens with zero attached hydrogens (tertiary/aromatic N) is 4. The summed E-state index contributed by atoms with van der Waals surface area (Å²) in [4.78, 5) is 8.07. The van der Waals surface area contributed by atoms with Crippen LogP contribution in [0.25, 0.3) is 5.82 Å². The summed E-state index contributed by atoms with van der Waals surface area (Å²) in [6, 6.07) is 3.71. The van der Waals surface area contributed by atoms with Crippen LogP contribution < -0.4 is 5.73 Å². The van der Waals surface area contributed by atoms with Crippen LogP contribution in [0.4, 0.5) is 0 Å². The molecule has 6 heteroatoms. The summed E-state index contributed by atoms with van der Waals surface area (Å²) >= 11 is 0. The molecule has 2 aromatic heterocycles. The van der Waals surface area contributed by atoms with E-state index in [1.54, 1.807) is 17.2 Å². The van der Waals surface area contributed by atoms with Crippen LogP contribution >= 0.6 is 0 Å². The normalized spacial score (nSPS) is 12.6. The lowest BCUT2D eigenvalue weighted by molar-refractivity contribution is 0.267. The van der Waals surface area contributed by atoms with Crippen LogP contribution in [0.15, 0.2) is 31.0 Å². The third-order valence-electron chi connectivity index (χ3n) is 2.40. The molecular formula is C10H13N5O. The number of rotatable bonds is 4. The Labute approximate surface area is 92.8 Å². The minimum absolute atomic E-state index is 0.0286. The van der Waals surface area contributed by atoms with E-state index in [-0.39, 0.29) is 12.5 Å². The second kappa shape index (κ2) is 4.82. The molecule has 6 nitrogen and oxygen atoms in total. The molecule has 0 radical (unpaired) electrons. The van der Waals surface area contributed by atoms with Gasteiger partial charge in [-0.05, 0) is 11.6 Å². The summed E-state index contributed by atoms with van der Waals surface area (Å²) < 4.78 is 1.57. The third-order valence-corrected chi connectivity index (χ3v) is 2.40. The van der Waals surface area contributed by atoms with Gasteiger partial charge in [-0.25, -0.2) is 14.6 Å². The second-order valence-electron chi connectivity index (χ2n) is 3.40. The molecule has 84 valence electrons. The quantitative estimate of drug-likeness (QED) is 0.736. The zero-order chi connectivity index (χ0) is 11.4. The van der Waals surface area contributed by atoms with Gasteiger partial charge in [0.05, 0.1) is 6.61 Å². The van der Waals surface area contributed by atoms with Crippen molar-refractivity contribution in [3.8, 4) is 5.82 Å². The van der Waals surface area contributed by atoms with Crippen molar-refractivity contribution in [1.82, 2.24) is 19.7 Å². The summed E-state index contributed by atoms with van der Waals surface area (Å²) in [6.45, 7) is 0.432. The van der Waals surface area contributed by atoms with Gasteiger partial charge >= 0.3 is 0 Å². The van der Waals surface area contributed by atoms with Crippen LogP contribution in [-0.4, -0.2) is 38.0 Å². The van der Waals surface area contributed by atoms with Gasteiger partial charge in [0.25, 0.3) is 0 Å². The molecule has 0 saturated heterocycles. The van der Waals surface area contributed by atoms with Gasteiger partial charge in [0.2, 0.25) is 0 Å². The summed E-state index contributed by atoms with van der Waals surface area (Å²) in [5, 5.41) is 13.1. The average molecular weight is 219 g/mol. The lowest BCUT2D eigenvalue weighted by Crippen LogP contribution is -2.16. The number of hydrogen-bond acceptors (Lipinski definition) is 5. The SMILES string of the molecule is NCC(CO)c1ccc(-n2cncn2)nc1. The maximum absolute atomic E-state index is 9.10. The summed E-state index contributed by atoms with van der Waals surface area (Å²) in [5.74, 6) is 0.632. The molecule has 3 N–H and O–H groups in total. The van der Waals surface area contributed by atoms with Crippen molar-refractivity contribution in [3.05, 3.63) is 36.5 Å². The van der Waals surface area contributed by atoms with Crippen LogP contribution in [0.3, 0.4) is 0 Å². The van der Waals surface area contributed by atoms with Gasteiger partial charge in [-0.2, -0.15) is 5.10 Å². The summed E-state index contributed by atoms with van der Waals surface area (Å²) in [7, 11) is 0. The van der Waals surface area contributed by atoms with Crippen LogP contribution in [0.2, 0.25) is 0 Å². The van der Waals surface area contributed by atoms with Crippen LogP contribution in [0.5, 0.6) is 0 Å². The highest BCUT2D eigenvalue weighted by Crippen LogP contribution is 2.13. The molecule has 0 fully saturated rings. The lowest BCUT2D eigenvalue weighted by Gasteiger charge is -2.11.